The van der Waals surface area contributed by atoms with Crippen molar-refractivity contribution >= 4 is 5.69 Å². The van der Waals surface area contributed by atoms with Gasteiger partial charge in [-0.3, -0.25) is 0 Å². The molecule has 1 nitrogen and oxygen atoms in total. The molecule has 0 radical (unpaired) electrons. The molecule has 0 saturated carbocycles. The van der Waals surface area contributed by atoms with Crippen LogP contribution in [-0.2, 0) is 0 Å². The van der Waals surface area contributed by atoms with Crippen molar-refractivity contribution in [2.24, 2.45) is 0 Å². The van der Waals surface area contributed by atoms with Gasteiger partial charge in [0.05, 0.1) is 6.04 Å². The van der Waals surface area contributed by atoms with Crippen molar-refractivity contribution in [2.75, 3.05) is 5.32 Å². The molecule has 3 rings (SSSR count). The largest absolute Gasteiger partial charge is 0.374 e. The summed E-state index contributed by atoms with van der Waals surface area (Å²) in [5.41, 5.74) is 5.16. The highest BCUT2D eigenvalue weighted by Crippen LogP contribution is 2.32. The Hall–Kier alpha value is -2.54. The lowest BCUT2D eigenvalue weighted by molar-refractivity contribution is 0.818. The van der Waals surface area contributed by atoms with E-state index in [1.54, 1.807) is 0 Å². The zero-order chi connectivity index (χ0) is 16.1. The van der Waals surface area contributed by atoms with Crippen molar-refractivity contribution in [3.63, 3.8) is 0 Å². The summed E-state index contributed by atoms with van der Waals surface area (Å²) >= 11 is 0. The summed E-state index contributed by atoms with van der Waals surface area (Å²) < 4.78 is 0. The zero-order valence-electron chi connectivity index (χ0n) is 13.7. The molecule has 116 valence electrons. The van der Waals surface area contributed by atoms with Crippen LogP contribution in [0.2, 0.25) is 0 Å². The first-order valence-corrected chi connectivity index (χ1v) is 8.21. The lowest BCUT2D eigenvalue weighted by Crippen LogP contribution is -2.14. The molecule has 0 heterocycles. The predicted molar refractivity (Wildman–Crippen MR) is 98.9 cm³/mol. The molecular formula is C22H23N. The fourth-order valence-electron chi connectivity index (χ4n) is 2.99. The quantitative estimate of drug-likeness (QED) is 0.608. The Morgan fingerprint density at radius 1 is 0.609 bits per heavy atom. The van der Waals surface area contributed by atoms with E-state index in [0.29, 0.717) is 5.92 Å². The number of rotatable bonds is 5. The Balaban J connectivity index is 2.06. The Bertz CT molecular complexity index is 732. The third kappa shape index (κ3) is 3.62. The second-order valence-electron chi connectivity index (χ2n) is 6.14. The number of benzene rings is 3. The van der Waals surface area contributed by atoms with E-state index in [9.17, 15) is 0 Å². The van der Waals surface area contributed by atoms with Crippen LogP contribution in [0, 0.1) is 0 Å². The van der Waals surface area contributed by atoms with E-state index in [4.69, 9.17) is 0 Å². The summed E-state index contributed by atoms with van der Waals surface area (Å²) in [7, 11) is 0. The van der Waals surface area contributed by atoms with E-state index < -0.39 is 0 Å². The summed E-state index contributed by atoms with van der Waals surface area (Å²) in [5.74, 6) is 0.495. The third-order valence-corrected chi connectivity index (χ3v) is 4.15. The molecule has 1 heteroatoms. The molecule has 0 spiro atoms. The number of anilines is 1. The lowest BCUT2D eigenvalue weighted by Gasteiger charge is -2.25. The van der Waals surface area contributed by atoms with Crippen molar-refractivity contribution in [3.8, 4) is 0 Å². The number of hydrogen-bond donors (Lipinski definition) is 1. The van der Waals surface area contributed by atoms with Crippen LogP contribution in [0.3, 0.4) is 0 Å². The average Bonchev–Trinajstić information content (AvgIpc) is 2.61. The van der Waals surface area contributed by atoms with E-state index in [1.165, 1.54) is 16.7 Å². The summed E-state index contributed by atoms with van der Waals surface area (Å²) in [6, 6.07) is 30.0. The standard InChI is InChI=1S/C22H23N/c1-17(2)20-15-9-10-16-21(20)22(18-11-5-3-6-12-18)23-19-13-7-4-8-14-19/h3-17,22-23H,1-2H3. The van der Waals surface area contributed by atoms with Crippen LogP contribution in [-0.4, -0.2) is 0 Å². The van der Waals surface area contributed by atoms with Gasteiger partial charge in [0.2, 0.25) is 0 Å². The van der Waals surface area contributed by atoms with E-state index >= 15 is 0 Å². The molecule has 0 bridgehead atoms. The van der Waals surface area contributed by atoms with Crippen molar-refractivity contribution in [1.82, 2.24) is 0 Å². The maximum Gasteiger partial charge on any atom is 0.0770 e. The smallest absolute Gasteiger partial charge is 0.0770 e. The minimum absolute atomic E-state index is 0.150. The summed E-state index contributed by atoms with van der Waals surface area (Å²) in [6.45, 7) is 4.51. The second kappa shape index (κ2) is 7.15. The topological polar surface area (TPSA) is 12.0 Å². The van der Waals surface area contributed by atoms with Crippen molar-refractivity contribution in [2.45, 2.75) is 25.8 Å². The van der Waals surface area contributed by atoms with E-state index in [1.807, 2.05) is 6.07 Å². The highest BCUT2D eigenvalue weighted by atomic mass is 14.9. The molecule has 0 aliphatic rings. The molecule has 23 heavy (non-hydrogen) atoms. The second-order valence-corrected chi connectivity index (χ2v) is 6.14. The molecule has 3 aromatic rings. The van der Waals surface area contributed by atoms with E-state index in [0.717, 1.165) is 5.69 Å². The fourth-order valence-corrected chi connectivity index (χ4v) is 2.99. The maximum atomic E-state index is 3.71. The summed E-state index contributed by atoms with van der Waals surface area (Å²) in [4.78, 5) is 0. The molecular weight excluding hydrogens is 278 g/mol. The molecule has 0 saturated heterocycles. The molecule has 0 amide bonds. The van der Waals surface area contributed by atoms with Gasteiger partial charge in [-0.05, 0) is 34.7 Å². The first kappa shape index (κ1) is 15.4. The van der Waals surface area contributed by atoms with E-state index in [-0.39, 0.29) is 6.04 Å². The van der Waals surface area contributed by atoms with Gasteiger partial charge < -0.3 is 5.32 Å². The van der Waals surface area contributed by atoms with Gasteiger partial charge in [0.15, 0.2) is 0 Å². The molecule has 1 unspecified atom stereocenters. The van der Waals surface area contributed by atoms with Gasteiger partial charge in [0.1, 0.15) is 0 Å². The molecule has 3 aromatic carbocycles. The predicted octanol–water partition coefficient (Wildman–Crippen LogP) is 6.01. The Morgan fingerprint density at radius 3 is 1.74 bits per heavy atom. The van der Waals surface area contributed by atoms with Crippen LogP contribution in [0.25, 0.3) is 0 Å². The first-order chi connectivity index (χ1) is 11.3. The number of hydrogen-bond acceptors (Lipinski definition) is 1. The van der Waals surface area contributed by atoms with Gasteiger partial charge in [-0.15, -0.1) is 0 Å². The molecule has 0 aliphatic heterocycles. The highest BCUT2D eigenvalue weighted by Gasteiger charge is 2.18. The van der Waals surface area contributed by atoms with Gasteiger partial charge >= 0.3 is 0 Å². The van der Waals surface area contributed by atoms with Crippen molar-refractivity contribution in [1.29, 1.82) is 0 Å². The van der Waals surface area contributed by atoms with Crippen LogP contribution >= 0.6 is 0 Å². The monoisotopic (exact) mass is 301 g/mol. The molecule has 1 N–H and O–H groups in total. The van der Waals surface area contributed by atoms with Gasteiger partial charge in [0.25, 0.3) is 0 Å². The van der Waals surface area contributed by atoms with Crippen LogP contribution in [0.1, 0.15) is 42.5 Å². The lowest BCUT2D eigenvalue weighted by atomic mass is 9.89. The minimum Gasteiger partial charge on any atom is -0.374 e. The number of para-hydroxylation sites is 1. The summed E-state index contributed by atoms with van der Waals surface area (Å²) in [6.07, 6.45) is 0. The van der Waals surface area contributed by atoms with Gasteiger partial charge in [-0.2, -0.15) is 0 Å². The normalized spacial score (nSPS) is 12.1. The summed E-state index contributed by atoms with van der Waals surface area (Å²) in [5, 5.41) is 3.71. The minimum atomic E-state index is 0.150. The van der Waals surface area contributed by atoms with Crippen LogP contribution in [0.4, 0.5) is 5.69 Å². The highest BCUT2D eigenvalue weighted by molar-refractivity contribution is 5.50. The van der Waals surface area contributed by atoms with Crippen LogP contribution in [0.5, 0.6) is 0 Å². The molecule has 0 aliphatic carbocycles. The van der Waals surface area contributed by atoms with Crippen molar-refractivity contribution in [3.05, 3.63) is 102 Å². The molecule has 0 aromatic heterocycles. The maximum absolute atomic E-state index is 3.71. The van der Waals surface area contributed by atoms with Gasteiger partial charge in [-0.25, -0.2) is 0 Å². The molecule has 0 fully saturated rings. The van der Waals surface area contributed by atoms with Gasteiger partial charge in [-0.1, -0.05) is 86.6 Å². The van der Waals surface area contributed by atoms with Crippen LogP contribution in [0.15, 0.2) is 84.9 Å². The Labute approximate surface area is 139 Å². The van der Waals surface area contributed by atoms with Crippen molar-refractivity contribution < 1.29 is 0 Å². The van der Waals surface area contributed by atoms with E-state index in [2.05, 4.69) is 98.0 Å². The average molecular weight is 301 g/mol. The van der Waals surface area contributed by atoms with Crippen LogP contribution < -0.4 is 5.32 Å². The van der Waals surface area contributed by atoms with Gasteiger partial charge in [0, 0.05) is 5.69 Å². The SMILES string of the molecule is CC(C)c1ccccc1C(Nc1ccccc1)c1ccccc1. The fraction of sp³-hybridized carbons (Fsp3) is 0.182. The number of nitrogens with one attached hydrogen (secondary N) is 1. The first-order valence-electron chi connectivity index (χ1n) is 8.21. The Morgan fingerprint density at radius 2 is 1.13 bits per heavy atom. The third-order valence-electron chi connectivity index (χ3n) is 4.15. The Kier molecular flexibility index (Phi) is 4.77. The molecule has 1 atom stereocenters. The zero-order valence-corrected chi connectivity index (χ0v) is 13.7.